The van der Waals surface area contributed by atoms with Crippen LogP contribution >= 0.6 is 0 Å². The van der Waals surface area contributed by atoms with Crippen LogP contribution in [-0.2, 0) is 9.53 Å². The van der Waals surface area contributed by atoms with E-state index in [9.17, 15) is 4.79 Å². The van der Waals surface area contributed by atoms with Crippen molar-refractivity contribution in [3.8, 4) is 0 Å². The Morgan fingerprint density at radius 2 is 2.10 bits per heavy atom. The number of nitrogens with two attached hydrogens (primary N) is 2. The van der Waals surface area contributed by atoms with Crippen molar-refractivity contribution >= 4 is 5.91 Å². The molecule has 4 heteroatoms. The van der Waals surface area contributed by atoms with Crippen LogP contribution < -0.4 is 11.5 Å². The lowest BCUT2D eigenvalue weighted by molar-refractivity contribution is -0.118. The second kappa shape index (κ2) is 6.51. The van der Waals surface area contributed by atoms with E-state index >= 15 is 0 Å². The summed E-state index contributed by atoms with van der Waals surface area (Å²) in [6.45, 7) is 1.65. The molecule has 0 saturated carbocycles. The number of carbonyl (C=O) groups is 1. The molecular weight excluding hydrogens is 132 g/mol. The molecule has 1 amide bonds. The Hall–Kier alpha value is -0.610. The summed E-state index contributed by atoms with van der Waals surface area (Å²) in [6, 6.07) is 0. The van der Waals surface area contributed by atoms with Crippen LogP contribution in [0.25, 0.3) is 0 Å². The fraction of sp³-hybridized carbons (Fsp3) is 0.833. The molecular formula is C6H14N2O2. The molecule has 0 aliphatic rings. The van der Waals surface area contributed by atoms with Crippen LogP contribution in [0.2, 0.25) is 0 Å². The first-order valence-corrected chi connectivity index (χ1v) is 3.33. The number of hydrogen-bond acceptors (Lipinski definition) is 3. The number of hydrogen-bond donors (Lipinski definition) is 2. The van der Waals surface area contributed by atoms with Crippen molar-refractivity contribution in [2.45, 2.75) is 12.8 Å². The molecule has 10 heavy (non-hydrogen) atoms. The highest BCUT2D eigenvalue weighted by molar-refractivity contribution is 5.73. The molecule has 0 unspecified atom stereocenters. The fourth-order valence-electron chi connectivity index (χ4n) is 0.534. The Kier molecular flexibility index (Phi) is 6.11. The lowest BCUT2D eigenvalue weighted by Gasteiger charge is -1.99. The Morgan fingerprint density at radius 3 is 2.60 bits per heavy atom. The zero-order chi connectivity index (χ0) is 7.82. The molecule has 60 valence electrons. The zero-order valence-corrected chi connectivity index (χ0v) is 6.01. The van der Waals surface area contributed by atoms with Crippen molar-refractivity contribution in [1.29, 1.82) is 0 Å². The molecule has 0 aliphatic carbocycles. The van der Waals surface area contributed by atoms with Gasteiger partial charge in [-0.1, -0.05) is 0 Å². The molecule has 0 aromatic heterocycles. The largest absolute Gasteiger partial charge is 0.380 e. The van der Waals surface area contributed by atoms with Crippen LogP contribution in [-0.4, -0.2) is 25.7 Å². The zero-order valence-electron chi connectivity index (χ0n) is 6.01. The van der Waals surface area contributed by atoms with Crippen molar-refractivity contribution in [2.24, 2.45) is 11.5 Å². The number of rotatable bonds is 6. The monoisotopic (exact) mass is 146 g/mol. The van der Waals surface area contributed by atoms with E-state index in [0.717, 1.165) is 0 Å². The van der Waals surface area contributed by atoms with Gasteiger partial charge in [0.05, 0.1) is 6.61 Å². The SMILES string of the molecule is NCCOCCCC(N)=O. The van der Waals surface area contributed by atoms with Gasteiger partial charge in [0.25, 0.3) is 0 Å². The Morgan fingerprint density at radius 1 is 1.40 bits per heavy atom. The van der Waals surface area contributed by atoms with Gasteiger partial charge >= 0.3 is 0 Å². The molecule has 0 heterocycles. The average molecular weight is 146 g/mol. The van der Waals surface area contributed by atoms with Gasteiger partial charge in [-0.2, -0.15) is 0 Å². The van der Waals surface area contributed by atoms with Gasteiger partial charge in [0.15, 0.2) is 0 Å². The summed E-state index contributed by atoms with van der Waals surface area (Å²) in [5, 5.41) is 0. The summed E-state index contributed by atoms with van der Waals surface area (Å²) in [5.74, 6) is -0.281. The van der Waals surface area contributed by atoms with Crippen molar-refractivity contribution in [1.82, 2.24) is 0 Å². The second-order valence-electron chi connectivity index (χ2n) is 1.97. The van der Waals surface area contributed by atoms with E-state index < -0.39 is 0 Å². The molecule has 0 aromatic rings. The molecule has 0 rings (SSSR count). The van der Waals surface area contributed by atoms with E-state index in [1.807, 2.05) is 0 Å². The third-order valence-electron chi connectivity index (χ3n) is 0.974. The third-order valence-corrected chi connectivity index (χ3v) is 0.974. The highest BCUT2D eigenvalue weighted by atomic mass is 16.5. The molecule has 4 nitrogen and oxygen atoms in total. The van der Waals surface area contributed by atoms with Crippen molar-refractivity contribution in [2.75, 3.05) is 19.8 Å². The summed E-state index contributed by atoms with van der Waals surface area (Å²) in [4.78, 5) is 10.2. The van der Waals surface area contributed by atoms with Gasteiger partial charge in [-0.05, 0) is 6.42 Å². The Balaban J connectivity index is 2.84. The van der Waals surface area contributed by atoms with Gasteiger partial charge < -0.3 is 16.2 Å². The molecule has 4 N–H and O–H groups in total. The minimum Gasteiger partial charge on any atom is -0.380 e. The minimum absolute atomic E-state index is 0.281. The highest BCUT2D eigenvalue weighted by Crippen LogP contribution is 1.87. The van der Waals surface area contributed by atoms with Gasteiger partial charge in [-0.15, -0.1) is 0 Å². The minimum atomic E-state index is -0.281. The maximum atomic E-state index is 10.2. The molecule has 0 aromatic carbocycles. The van der Waals surface area contributed by atoms with Crippen LogP contribution in [0.15, 0.2) is 0 Å². The van der Waals surface area contributed by atoms with Crippen LogP contribution in [0.3, 0.4) is 0 Å². The smallest absolute Gasteiger partial charge is 0.217 e. The summed E-state index contributed by atoms with van der Waals surface area (Å²) < 4.78 is 5.00. The van der Waals surface area contributed by atoms with Gasteiger partial charge in [0.1, 0.15) is 0 Å². The molecule has 0 atom stereocenters. The summed E-state index contributed by atoms with van der Waals surface area (Å²) in [6.07, 6.45) is 1.08. The summed E-state index contributed by atoms with van der Waals surface area (Å²) in [7, 11) is 0. The molecule has 0 saturated heterocycles. The quantitative estimate of drug-likeness (QED) is 0.483. The maximum absolute atomic E-state index is 10.2. The number of amides is 1. The Bertz CT molecular complexity index is 95.7. The topological polar surface area (TPSA) is 78.3 Å². The molecule has 0 aliphatic heterocycles. The average Bonchev–Trinajstić information content (AvgIpc) is 1.87. The van der Waals surface area contributed by atoms with Crippen molar-refractivity contribution < 1.29 is 9.53 Å². The van der Waals surface area contributed by atoms with Crippen LogP contribution in [0.5, 0.6) is 0 Å². The first-order chi connectivity index (χ1) is 4.77. The van der Waals surface area contributed by atoms with E-state index in [-0.39, 0.29) is 5.91 Å². The van der Waals surface area contributed by atoms with Gasteiger partial charge in [-0.3, -0.25) is 4.79 Å². The molecule has 0 spiro atoms. The summed E-state index contributed by atoms with van der Waals surface area (Å²) >= 11 is 0. The predicted molar refractivity (Wildman–Crippen MR) is 38.3 cm³/mol. The third kappa shape index (κ3) is 7.39. The van der Waals surface area contributed by atoms with E-state index in [0.29, 0.717) is 32.6 Å². The van der Waals surface area contributed by atoms with Crippen LogP contribution in [0.4, 0.5) is 0 Å². The summed E-state index contributed by atoms with van der Waals surface area (Å²) in [5.41, 5.74) is 10.0. The Labute approximate surface area is 60.5 Å². The first kappa shape index (κ1) is 9.39. The number of primary amides is 1. The predicted octanol–water partition coefficient (Wildman–Crippen LogP) is -0.773. The number of carbonyl (C=O) groups excluding carboxylic acids is 1. The van der Waals surface area contributed by atoms with E-state index in [1.54, 1.807) is 0 Å². The second-order valence-corrected chi connectivity index (χ2v) is 1.97. The van der Waals surface area contributed by atoms with Gasteiger partial charge in [-0.25, -0.2) is 0 Å². The van der Waals surface area contributed by atoms with Gasteiger partial charge in [0.2, 0.25) is 5.91 Å². The molecule has 0 bridgehead atoms. The standard InChI is InChI=1S/C6H14N2O2/c7-3-5-10-4-1-2-6(8)9/h1-5,7H2,(H2,8,9). The number of ether oxygens (including phenoxy) is 1. The first-order valence-electron chi connectivity index (χ1n) is 3.33. The van der Waals surface area contributed by atoms with Gasteiger partial charge in [0, 0.05) is 19.6 Å². The fourth-order valence-corrected chi connectivity index (χ4v) is 0.534. The van der Waals surface area contributed by atoms with E-state index in [1.165, 1.54) is 0 Å². The van der Waals surface area contributed by atoms with Crippen molar-refractivity contribution in [3.05, 3.63) is 0 Å². The molecule has 0 radical (unpaired) electrons. The molecule has 0 fully saturated rings. The lowest BCUT2D eigenvalue weighted by Crippen LogP contribution is -2.13. The lowest BCUT2D eigenvalue weighted by atomic mass is 10.3. The van der Waals surface area contributed by atoms with E-state index in [4.69, 9.17) is 16.2 Å². The van der Waals surface area contributed by atoms with Crippen LogP contribution in [0, 0.1) is 0 Å². The maximum Gasteiger partial charge on any atom is 0.217 e. The van der Waals surface area contributed by atoms with E-state index in [2.05, 4.69) is 0 Å². The normalized spacial score (nSPS) is 9.70. The van der Waals surface area contributed by atoms with Crippen LogP contribution in [0.1, 0.15) is 12.8 Å². The highest BCUT2D eigenvalue weighted by Gasteiger charge is 1.92. The van der Waals surface area contributed by atoms with Crippen molar-refractivity contribution in [3.63, 3.8) is 0 Å².